The number of hydrogen-bond donors (Lipinski definition) is 0. The summed E-state index contributed by atoms with van der Waals surface area (Å²) in [7, 11) is 0. The highest BCUT2D eigenvalue weighted by Crippen LogP contribution is 2.15. The van der Waals surface area contributed by atoms with Gasteiger partial charge in [0.05, 0.1) is 6.61 Å². The second-order valence-electron chi connectivity index (χ2n) is 7.26. The van der Waals surface area contributed by atoms with E-state index >= 15 is 0 Å². The number of benzene rings is 2. The van der Waals surface area contributed by atoms with E-state index in [-0.39, 0.29) is 5.97 Å². The van der Waals surface area contributed by atoms with Crippen molar-refractivity contribution in [1.29, 1.82) is 0 Å². The van der Waals surface area contributed by atoms with Crippen molar-refractivity contribution >= 4 is 5.97 Å². The van der Waals surface area contributed by atoms with Gasteiger partial charge >= 0.3 is 5.97 Å². The van der Waals surface area contributed by atoms with Crippen LogP contribution in [-0.4, -0.2) is 12.6 Å². The Labute approximate surface area is 170 Å². The Bertz CT molecular complexity index is 649. The third kappa shape index (κ3) is 9.59. The van der Waals surface area contributed by atoms with Crippen LogP contribution >= 0.6 is 0 Å². The Kier molecular flexibility index (Phi) is 10.9. The average molecular weight is 383 g/mol. The van der Waals surface area contributed by atoms with E-state index in [4.69, 9.17) is 9.47 Å². The van der Waals surface area contributed by atoms with Gasteiger partial charge < -0.3 is 9.47 Å². The summed E-state index contributed by atoms with van der Waals surface area (Å²) < 4.78 is 11.1. The fourth-order valence-electron chi connectivity index (χ4n) is 3.07. The summed E-state index contributed by atoms with van der Waals surface area (Å²) in [5.41, 5.74) is 2.30. The SMILES string of the molecule is CCCCCCCCCC(=O)OCCc1ccc(OCc2ccccc2)cc1. The zero-order valence-corrected chi connectivity index (χ0v) is 17.2. The van der Waals surface area contributed by atoms with Crippen molar-refractivity contribution < 1.29 is 14.3 Å². The molecular weight excluding hydrogens is 348 g/mol. The van der Waals surface area contributed by atoms with Gasteiger partial charge in [-0.3, -0.25) is 4.79 Å². The van der Waals surface area contributed by atoms with Gasteiger partial charge in [0.15, 0.2) is 0 Å². The van der Waals surface area contributed by atoms with Crippen LogP contribution in [0.5, 0.6) is 5.75 Å². The Balaban J connectivity index is 1.54. The van der Waals surface area contributed by atoms with E-state index in [0.29, 0.717) is 19.6 Å². The number of esters is 1. The zero-order chi connectivity index (χ0) is 19.9. The highest BCUT2D eigenvalue weighted by Gasteiger charge is 2.03. The minimum absolute atomic E-state index is 0.0728. The number of carbonyl (C=O) groups excluding carboxylic acids is 1. The van der Waals surface area contributed by atoms with Gasteiger partial charge in [-0.25, -0.2) is 0 Å². The number of unbranched alkanes of at least 4 members (excludes halogenated alkanes) is 6. The summed E-state index contributed by atoms with van der Waals surface area (Å²) in [5.74, 6) is 0.778. The first-order chi connectivity index (χ1) is 13.8. The molecule has 0 saturated carbocycles. The maximum atomic E-state index is 11.8. The molecule has 0 aliphatic rings. The summed E-state index contributed by atoms with van der Waals surface area (Å²) in [5, 5.41) is 0. The van der Waals surface area contributed by atoms with Gasteiger partial charge in [-0.15, -0.1) is 0 Å². The van der Waals surface area contributed by atoms with Gasteiger partial charge in [-0.2, -0.15) is 0 Å². The molecular formula is C25H34O3. The molecule has 0 saturated heterocycles. The van der Waals surface area contributed by atoms with E-state index in [0.717, 1.165) is 36.1 Å². The minimum Gasteiger partial charge on any atom is -0.489 e. The number of carbonyl (C=O) groups is 1. The summed E-state index contributed by atoms with van der Waals surface area (Å²) >= 11 is 0. The summed E-state index contributed by atoms with van der Waals surface area (Å²) in [6.07, 6.45) is 9.78. The molecule has 0 bridgehead atoms. The average Bonchev–Trinajstić information content (AvgIpc) is 2.73. The van der Waals surface area contributed by atoms with Crippen molar-refractivity contribution in [2.24, 2.45) is 0 Å². The maximum absolute atomic E-state index is 11.8. The highest BCUT2D eigenvalue weighted by molar-refractivity contribution is 5.69. The highest BCUT2D eigenvalue weighted by atomic mass is 16.5. The number of ether oxygens (including phenoxy) is 2. The van der Waals surface area contributed by atoms with E-state index < -0.39 is 0 Å². The fourth-order valence-corrected chi connectivity index (χ4v) is 3.07. The van der Waals surface area contributed by atoms with Crippen LogP contribution in [0.2, 0.25) is 0 Å². The topological polar surface area (TPSA) is 35.5 Å². The molecule has 0 fully saturated rings. The third-order valence-corrected chi connectivity index (χ3v) is 4.81. The molecule has 3 nitrogen and oxygen atoms in total. The second kappa shape index (κ2) is 13.8. The lowest BCUT2D eigenvalue weighted by atomic mass is 10.1. The van der Waals surface area contributed by atoms with Crippen molar-refractivity contribution in [3.63, 3.8) is 0 Å². The van der Waals surface area contributed by atoms with E-state index in [1.165, 1.54) is 32.1 Å². The largest absolute Gasteiger partial charge is 0.489 e. The van der Waals surface area contributed by atoms with Crippen LogP contribution in [0.3, 0.4) is 0 Å². The molecule has 0 aliphatic carbocycles. The van der Waals surface area contributed by atoms with Crippen LogP contribution in [0.1, 0.15) is 69.4 Å². The molecule has 28 heavy (non-hydrogen) atoms. The normalized spacial score (nSPS) is 10.6. The summed E-state index contributed by atoms with van der Waals surface area (Å²) in [6, 6.07) is 18.1. The minimum atomic E-state index is -0.0728. The smallest absolute Gasteiger partial charge is 0.305 e. The number of rotatable bonds is 14. The first kappa shape index (κ1) is 22.0. The molecule has 0 radical (unpaired) electrons. The Morgan fingerprint density at radius 3 is 2.18 bits per heavy atom. The third-order valence-electron chi connectivity index (χ3n) is 4.81. The molecule has 2 rings (SSSR count). The van der Waals surface area contributed by atoms with Crippen LogP contribution in [-0.2, 0) is 22.6 Å². The van der Waals surface area contributed by atoms with Crippen LogP contribution < -0.4 is 4.74 Å². The van der Waals surface area contributed by atoms with E-state index in [2.05, 4.69) is 19.1 Å². The predicted molar refractivity (Wildman–Crippen MR) is 114 cm³/mol. The lowest BCUT2D eigenvalue weighted by Crippen LogP contribution is -2.07. The van der Waals surface area contributed by atoms with Crippen LogP contribution in [0.15, 0.2) is 54.6 Å². The maximum Gasteiger partial charge on any atom is 0.305 e. The molecule has 0 spiro atoms. The first-order valence-electron chi connectivity index (χ1n) is 10.7. The van der Waals surface area contributed by atoms with Gasteiger partial charge in [0.2, 0.25) is 0 Å². The molecule has 0 aliphatic heterocycles. The first-order valence-corrected chi connectivity index (χ1v) is 10.7. The molecule has 0 heterocycles. The van der Waals surface area contributed by atoms with Crippen molar-refractivity contribution in [1.82, 2.24) is 0 Å². The van der Waals surface area contributed by atoms with Gasteiger partial charge in [0, 0.05) is 12.8 Å². The molecule has 0 amide bonds. The van der Waals surface area contributed by atoms with E-state index in [9.17, 15) is 4.79 Å². The molecule has 3 heteroatoms. The van der Waals surface area contributed by atoms with E-state index in [1.807, 2.05) is 42.5 Å². The molecule has 2 aromatic carbocycles. The quantitative estimate of drug-likeness (QED) is 0.277. The van der Waals surface area contributed by atoms with Gasteiger partial charge in [-0.1, -0.05) is 87.9 Å². The lowest BCUT2D eigenvalue weighted by Gasteiger charge is -2.08. The standard InChI is InChI=1S/C25H34O3/c1-2-3-4-5-6-7-11-14-25(26)27-20-19-22-15-17-24(18-16-22)28-21-23-12-9-8-10-13-23/h8-10,12-13,15-18H,2-7,11,14,19-21H2,1H3. The molecule has 0 N–H and O–H groups in total. The zero-order valence-electron chi connectivity index (χ0n) is 17.2. The number of hydrogen-bond acceptors (Lipinski definition) is 3. The van der Waals surface area contributed by atoms with E-state index in [1.54, 1.807) is 0 Å². The fraction of sp³-hybridized carbons (Fsp3) is 0.480. The van der Waals surface area contributed by atoms with Crippen molar-refractivity contribution in [2.45, 2.75) is 71.3 Å². The summed E-state index contributed by atoms with van der Waals surface area (Å²) in [4.78, 5) is 11.8. The van der Waals surface area contributed by atoms with Crippen LogP contribution in [0.25, 0.3) is 0 Å². The van der Waals surface area contributed by atoms with Crippen LogP contribution in [0.4, 0.5) is 0 Å². The lowest BCUT2D eigenvalue weighted by molar-refractivity contribution is -0.143. The molecule has 152 valence electrons. The second-order valence-corrected chi connectivity index (χ2v) is 7.26. The Morgan fingerprint density at radius 2 is 1.46 bits per heavy atom. The van der Waals surface area contributed by atoms with Crippen LogP contribution in [0, 0.1) is 0 Å². The van der Waals surface area contributed by atoms with Gasteiger partial charge in [-0.05, 0) is 29.7 Å². The molecule has 0 atom stereocenters. The van der Waals surface area contributed by atoms with Crippen molar-refractivity contribution in [3.8, 4) is 5.75 Å². The Hall–Kier alpha value is -2.29. The molecule has 2 aromatic rings. The van der Waals surface area contributed by atoms with Gasteiger partial charge in [0.1, 0.15) is 12.4 Å². The van der Waals surface area contributed by atoms with Gasteiger partial charge in [0.25, 0.3) is 0 Å². The Morgan fingerprint density at radius 1 is 0.786 bits per heavy atom. The van der Waals surface area contributed by atoms with Crippen molar-refractivity contribution in [2.75, 3.05) is 6.61 Å². The van der Waals surface area contributed by atoms with Crippen molar-refractivity contribution in [3.05, 3.63) is 65.7 Å². The molecule has 0 aromatic heterocycles. The molecule has 0 unspecified atom stereocenters. The monoisotopic (exact) mass is 382 g/mol. The summed E-state index contributed by atoms with van der Waals surface area (Å²) in [6.45, 7) is 3.24. The predicted octanol–water partition coefficient (Wildman–Crippen LogP) is 6.49.